The first-order valence-corrected chi connectivity index (χ1v) is 31.5. The molecule has 2 aliphatic rings. The number of hydrogen-bond acceptors (Lipinski definition) is 0. The van der Waals surface area contributed by atoms with Crippen LogP contribution in [0, 0.1) is 55.6 Å². The van der Waals surface area contributed by atoms with Crippen molar-refractivity contribution in [2.75, 3.05) is 0 Å². The molecule has 0 heteroatoms. The van der Waals surface area contributed by atoms with Crippen LogP contribution in [0.25, 0.3) is 143 Å². The highest BCUT2D eigenvalue weighted by Crippen LogP contribution is 2.49. The summed E-state index contributed by atoms with van der Waals surface area (Å²) in [6.45, 7) is 4.56. The van der Waals surface area contributed by atoms with E-state index in [1.54, 1.807) is 0 Å². The molecule has 0 fully saturated rings. The van der Waals surface area contributed by atoms with Crippen molar-refractivity contribution < 1.29 is 0 Å². The predicted molar refractivity (Wildman–Crippen MR) is 378 cm³/mol. The molecule has 90 heavy (non-hydrogen) atoms. The Labute approximate surface area is 522 Å². The number of fused-ring (bicyclic) bond motifs is 5. The normalized spacial score (nSPS) is 11.9. The lowest BCUT2D eigenvalue weighted by Crippen LogP contribution is -1.95. The van der Waals surface area contributed by atoms with E-state index >= 15 is 0 Å². The van der Waals surface area contributed by atoms with Crippen LogP contribution in [0.3, 0.4) is 0 Å². The van der Waals surface area contributed by atoms with E-state index in [0.717, 1.165) is 0 Å². The predicted octanol–water partition coefficient (Wildman–Crippen LogP) is 23.7. The molecule has 0 bridgehead atoms. The quantitative estimate of drug-likeness (QED) is 0.126. The fraction of sp³-hybridized carbons (Fsp3) is 0.0222. The van der Waals surface area contributed by atoms with E-state index in [9.17, 15) is 0 Å². The van der Waals surface area contributed by atoms with Gasteiger partial charge in [-0.3, -0.25) is 0 Å². The Morgan fingerprint density at radius 2 is 0.478 bits per heavy atom. The van der Waals surface area contributed by atoms with Crippen LogP contribution in [0.15, 0.2) is 315 Å². The van der Waals surface area contributed by atoms with Crippen LogP contribution in [0.5, 0.6) is 0 Å². The van der Waals surface area contributed by atoms with Gasteiger partial charge in [-0.25, -0.2) is 0 Å². The van der Waals surface area contributed by atoms with Crippen LogP contribution in [0.2, 0.25) is 0 Å². The first-order valence-electron chi connectivity index (χ1n) is 31.5. The van der Waals surface area contributed by atoms with Crippen molar-refractivity contribution in [3.05, 3.63) is 368 Å². The minimum absolute atomic E-state index is 1.18. The van der Waals surface area contributed by atoms with Gasteiger partial charge in [-0.05, 0) is 265 Å². The van der Waals surface area contributed by atoms with Crippen LogP contribution in [-0.4, -0.2) is 0 Å². The van der Waals surface area contributed by atoms with Gasteiger partial charge in [-0.1, -0.05) is 261 Å². The summed E-state index contributed by atoms with van der Waals surface area (Å²) >= 11 is 0. The average Bonchev–Trinajstić information content (AvgIpc) is 1.50. The maximum Gasteiger partial charge on any atom is -0.000730 e. The molecule has 0 aromatic heterocycles. The van der Waals surface area contributed by atoms with Crippen LogP contribution in [0.4, 0.5) is 0 Å². The second-order valence-electron chi connectivity index (χ2n) is 24.6. The molecule has 0 saturated heterocycles. The molecule has 0 nitrogen and oxygen atoms in total. The van der Waals surface area contributed by atoms with Crippen LogP contribution in [0.1, 0.15) is 11.1 Å². The summed E-state index contributed by atoms with van der Waals surface area (Å²) in [5, 5.41) is 20.3. The third-order valence-electron chi connectivity index (χ3n) is 19.5. The zero-order valence-electron chi connectivity index (χ0n) is 50.0. The van der Waals surface area contributed by atoms with Gasteiger partial charge >= 0.3 is 0 Å². The van der Waals surface area contributed by atoms with Crippen molar-refractivity contribution in [3.8, 4) is 100 Å². The first-order chi connectivity index (χ1) is 44.5. The van der Waals surface area contributed by atoms with Gasteiger partial charge in [-0.2, -0.15) is 0 Å². The summed E-state index contributed by atoms with van der Waals surface area (Å²) in [5.74, 6) is 0. The fourth-order valence-electron chi connectivity index (χ4n) is 15.5. The first kappa shape index (κ1) is 51.8. The third-order valence-corrected chi connectivity index (χ3v) is 19.5. The minimum Gasteiger partial charge on any atom is -0.0622 e. The second-order valence-corrected chi connectivity index (χ2v) is 24.6. The maximum absolute atomic E-state index is 2.54. The molecular formula is C90H58. The summed E-state index contributed by atoms with van der Waals surface area (Å²) in [5.41, 5.74) is 24.4. The summed E-state index contributed by atoms with van der Waals surface area (Å²) < 4.78 is 0. The molecule has 0 spiro atoms. The Morgan fingerprint density at radius 3 is 0.844 bits per heavy atom. The molecule has 16 aromatic carbocycles. The van der Waals surface area contributed by atoms with E-state index in [-0.39, 0.29) is 0 Å². The molecule has 418 valence electrons. The molecule has 0 amide bonds. The molecule has 16 aromatic rings. The zero-order valence-corrected chi connectivity index (χ0v) is 50.0. The van der Waals surface area contributed by atoms with Gasteiger partial charge in [0.05, 0.1) is 0 Å². The third kappa shape index (κ3) is 8.08. The standard InChI is InChI=1S/C90H58/c1-55-24-18-20-36-71(55)83-73-38-22-23-39-74(73)84(72-37-21-19-25-56(72)2)90-78-45-43-76-85-75(42-44-77(86(78)85)89(83)90)87-81(69-49-64(58-28-10-4-11-29-58)47-65(50-69)59-30-12-5-13-31-59)79-53-63-41-40-62(57-26-8-3-9-27-57)46-68(63)54-80(79)82(88(76)87)70-51-66(60-32-14-6-15-33-60)48-67(52-70)61-34-16-7-17-35-61/h3-54H,1-2H3. The van der Waals surface area contributed by atoms with Crippen LogP contribution in [-0.2, 0) is 0 Å². The average molecular weight is 1140 g/mol. The largest absolute Gasteiger partial charge is 0.0622 e. The van der Waals surface area contributed by atoms with Gasteiger partial charge in [0.15, 0.2) is 0 Å². The van der Waals surface area contributed by atoms with Crippen molar-refractivity contribution in [2.45, 2.75) is 13.8 Å². The van der Waals surface area contributed by atoms with Gasteiger partial charge in [0.25, 0.3) is 0 Å². The summed E-state index contributed by atoms with van der Waals surface area (Å²) in [6.07, 6.45) is 0. The summed E-state index contributed by atoms with van der Waals surface area (Å²) in [6, 6.07) is 119. The SMILES string of the molecule is Cc1ccccc1-c1c2c(c(-c3ccccc3C)c3ccccc13)=c1ccc3c4c(ccc=2c14)=c1c(-c2cc(-c4ccccc4)cc(-c4ccccc4)c2)c2cc4ccc(-c5ccccc5)cc4cc2c(-c2cc(-c4ccccc4)cc(-c4ccccc4)c2)c1=3. The Bertz CT molecular complexity index is 5890. The molecule has 0 aliphatic heterocycles. The van der Waals surface area contributed by atoms with Crippen molar-refractivity contribution in [1.29, 1.82) is 0 Å². The molecule has 0 atom stereocenters. The zero-order chi connectivity index (χ0) is 59.6. The Morgan fingerprint density at radius 1 is 0.178 bits per heavy atom. The van der Waals surface area contributed by atoms with Gasteiger partial charge in [0, 0.05) is 0 Å². The highest BCUT2D eigenvalue weighted by molar-refractivity contribution is 6.14. The van der Waals surface area contributed by atoms with E-state index in [0.29, 0.717) is 0 Å². The summed E-state index contributed by atoms with van der Waals surface area (Å²) in [7, 11) is 0. The molecule has 2 aliphatic carbocycles. The van der Waals surface area contributed by atoms with E-state index in [2.05, 4.69) is 329 Å². The van der Waals surface area contributed by atoms with Crippen molar-refractivity contribution in [3.63, 3.8) is 0 Å². The fourth-order valence-corrected chi connectivity index (χ4v) is 15.5. The van der Waals surface area contributed by atoms with Crippen molar-refractivity contribution in [2.24, 2.45) is 0 Å². The smallest absolute Gasteiger partial charge is 0.000730 e. The van der Waals surface area contributed by atoms with Crippen molar-refractivity contribution in [1.82, 2.24) is 0 Å². The van der Waals surface area contributed by atoms with Gasteiger partial charge in [-0.15, -0.1) is 0 Å². The second kappa shape index (κ2) is 20.6. The van der Waals surface area contributed by atoms with Crippen LogP contribution >= 0.6 is 0 Å². The molecule has 0 N–H and O–H groups in total. The van der Waals surface area contributed by atoms with Gasteiger partial charge in [0.2, 0.25) is 0 Å². The minimum atomic E-state index is 1.18. The van der Waals surface area contributed by atoms with E-state index < -0.39 is 0 Å². The van der Waals surface area contributed by atoms with Crippen LogP contribution < -0.4 is 0 Å². The highest BCUT2D eigenvalue weighted by atomic mass is 14.3. The molecule has 18 rings (SSSR count). The topological polar surface area (TPSA) is 0 Å². The lowest BCUT2D eigenvalue weighted by Gasteiger charge is -2.19. The summed E-state index contributed by atoms with van der Waals surface area (Å²) in [4.78, 5) is 0. The lowest BCUT2D eigenvalue weighted by molar-refractivity contribution is 1.42. The maximum atomic E-state index is 2.54. The monoisotopic (exact) mass is 1140 g/mol. The van der Waals surface area contributed by atoms with Gasteiger partial charge in [0.1, 0.15) is 0 Å². The van der Waals surface area contributed by atoms with E-state index in [4.69, 9.17) is 0 Å². The van der Waals surface area contributed by atoms with E-state index in [1.807, 2.05) is 0 Å². The van der Waals surface area contributed by atoms with Crippen molar-refractivity contribution >= 4 is 43.1 Å². The Kier molecular flexibility index (Phi) is 11.8. The molecule has 0 unspecified atom stereocenters. The Balaban J connectivity index is 1.11. The number of hydrogen-bond donors (Lipinski definition) is 0. The molecule has 0 saturated carbocycles. The van der Waals surface area contributed by atoms with Gasteiger partial charge < -0.3 is 0 Å². The molecule has 0 radical (unpaired) electrons. The Hall–Kier alpha value is -11.4. The lowest BCUT2D eigenvalue weighted by atomic mass is 9.84. The highest BCUT2D eigenvalue weighted by Gasteiger charge is 2.27. The number of benzene rings is 16. The molecule has 0 heterocycles. The number of aryl methyl sites for hydroxylation is 2. The number of rotatable bonds is 9. The molecular weight excluding hydrogens is 1080 g/mol. The van der Waals surface area contributed by atoms with E-state index in [1.165, 1.54) is 196 Å².